The number of hydrogen-bond acceptors (Lipinski definition) is 4. The van der Waals surface area contributed by atoms with Gasteiger partial charge in [-0.2, -0.15) is 5.26 Å². The van der Waals surface area contributed by atoms with Gasteiger partial charge < -0.3 is 10.0 Å². The molecule has 0 aromatic carbocycles. The number of rotatable bonds is 4. The molecule has 4 nitrogen and oxygen atoms in total. The quantitative estimate of drug-likeness (QED) is 0.837. The molecule has 0 aliphatic heterocycles. The molecule has 86 valence electrons. The van der Waals surface area contributed by atoms with Crippen molar-refractivity contribution in [1.82, 2.24) is 4.98 Å². The lowest BCUT2D eigenvalue weighted by Gasteiger charge is -2.22. The summed E-state index contributed by atoms with van der Waals surface area (Å²) >= 11 is 0. The monoisotopic (exact) mass is 219 g/mol. The molecule has 0 amide bonds. The molecule has 0 radical (unpaired) electrons. The predicted octanol–water partition coefficient (Wildman–Crippen LogP) is 1.73. The van der Waals surface area contributed by atoms with Crippen LogP contribution in [0.4, 0.5) is 5.82 Å². The van der Waals surface area contributed by atoms with Crippen LogP contribution in [0.25, 0.3) is 0 Å². The smallest absolute Gasteiger partial charge is 0.134 e. The number of aromatic nitrogens is 1. The van der Waals surface area contributed by atoms with Gasteiger partial charge in [0, 0.05) is 25.4 Å². The Hall–Kier alpha value is -1.60. The van der Waals surface area contributed by atoms with E-state index in [0.717, 1.165) is 11.4 Å². The number of aliphatic hydroxyl groups is 1. The summed E-state index contributed by atoms with van der Waals surface area (Å²) in [6.45, 7) is 4.18. The SMILES string of the molecule is CC(C#N)CN(C)c1ncccc1C(C)O. The van der Waals surface area contributed by atoms with Crippen LogP contribution in [0.2, 0.25) is 0 Å². The lowest BCUT2D eigenvalue weighted by molar-refractivity contribution is 0.199. The van der Waals surface area contributed by atoms with E-state index in [1.807, 2.05) is 24.9 Å². The Morgan fingerprint density at radius 2 is 2.25 bits per heavy atom. The summed E-state index contributed by atoms with van der Waals surface area (Å²) < 4.78 is 0. The van der Waals surface area contributed by atoms with Crippen molar-refractivity contribution < 1.29 is 5.11 Å². The van der Waals surface area contributed by atoms with Crippen LogP contribution in [0.3, 0.4) is 0 Å². The van der Waals surface area contributed by atoms with Crippen LogP contribution in [0.15, 0.2) is 18.3 Å². The third kappa shape index (κ3) is 2.94. The Morgan fingerprint density at radius 1 is 1.56 bits per heavy atom. The molecule has 2 atom stereocenters. The molecule has 16 heavy (non-hydrogen) atoms. The molecule has 1 rings (SSSR count). The van der Waals surface area contributed by atoms with E-state index >= 15 is 0 Å². The summed E-state index contributed by atoms with van der Waals surface area (Å²) in [5, 5.41) is 18.4. The first-order valence-electron chi connectivity index (χ1n) is 5.30. The summed E-state index contributed by atoms with van der Waals surface area (Å²) in [6.07, 6.45) is 1.14. The molecule has 2 unspecified atom stereocenters. The van der Waals surface area contributed by atoms with Crippen LogP contribution in [-0.4, -0.2) is 23.7 Å². The standard InChI is InChI=1S/C12H17N3O/c1-9(7-13)8-15(3)12-11(10(2)16)5-4-6-14-12/h4-6,9-10,16H,8H2,1-3H3. The predicted molar refractivity (Wildman–Crippen MR) is 62.9 cm³/mol. The number of anilines is 1. The highest BCUT2D eigenvalue weighted by atomic mass is 16.3. The highest BCUT2D eigenvalue weighted by Crippen LogP contribution is 2.23. The van der Waals surface area contributed by atoms with Gasteiger partial charge in [0.2, 0.25) is 0 Å². The molecule has 4 heteroatoms. The topological polar surface area (TPSA) is 60.2 Å². The second kappa shape index (κ2) is 5.47. The van der Waals surface area contributed by atoms with Crippen molar-refractivity contribution in [3.63, 3.8) is 0 Å². The van der Waals surface area contributed by atoms with E-state index in [1.165, 1.54) is 0 Å². The minimum atomic E-state index is -0.552. The number of aliphatic hydroxyl groups excluding tert-OH is 1. The van der Waals surface area contributed by atoms with E-state index in [0.29, 0.717) is 6.54 Å². The average molecular weight is 219 g/mol. The highest BCUT2D eigenvalue weighted by molar-refractivity contribution is 5.47. The van der Waals surface area contributed by atoms with Crippen LogP contribution >= 0.6 is 0 Å². The molecule has 1 aromatic rings. The van der Waals surface area contributed by atoms with Crippen molar-refractivity contribution in [2.75, 3.05) is 18.5 Å². The largest absolute Gasteiger partial charge is 0.389 e. The summed E-state index contributed by atoms with van der Waals surface area (Å²) in [6, 6.07) is 5.83. The van der Waals surface area contributed by atoms with Gasteiger partial charge in [-0.3, -0.25) is 0 Å². The Bertz CT molecular complexity index is 384. The van der Waals surface area contributed by atoms with Gasteiger partial charge in [0.25, 0.3) is 0 Å². The van der Waals surface area contributed by atoms with Gasteiger partial charge in [-0.25, -0.2) is 4.98 Å². The number of nitrogens with zero attached hydrogens (tertiary/aromatic N) is 3. The summed E-state index contributed by atoms with van der Waals surface area (Å²) in [7, 11) is 1.88. The van der Waals surface area contributed by atoms with Crippen molar-refractivity contribution >= 4 is 5.82 Å². The van der Waals surface area contributed by atoms with Crippen LogP contribution in [0, 0.1) is 17.2 Å². The van der Waals surface area contributed by atoms with Gasteiger partial charge in [-0.05, 0) is 19.9 Å². The maximum Gasteiger partial charge on any atom is 0.134 e. The number of nitriles is 1. The third-order valence-corrected chi connectivity index (χ3v) is 2.40. The molecule has 0 saturated heterocycles. The fourth-order valence-electron chi connectivity index (χ4n) is 1.59. The summed E-state index contributed by atoms with van der Waals surface area (Å²) in [5.74, 6) is 0.674. The van der Waals surface area contributed by atoms with E-state index < -0.39 is 6.10 Å². The van der Waals surface area contributed by atoms with Crippen molar-refractivity contribution in [1.29, 1.82) is 5.26 Å². The van der Waals surface area contributed by atoms with Gasteiger partial charge in [0.15, 0.2) is 0 Å². The Balaban J connectivity index is 2.91. The normalized spacial score (nSPS) is 13.9. The van der Waals surface area contributed by atoms with Crippen LogP contribution in [-0.2, 0) is 0 Å². The molecule has 1 heterocycles. The Kier molecular flexibility index (Phi) is 4.27. The molecule has 1 aromatic heterocycles. The molecule has 0 aliphatic rings. The van der Waals surface area contributed by atoms with Gasteiger partial charge >= 0.3 is 0 Å². The lowest BCUT2D eigenvalue weighted by atomic mass is 10.1. The van der Waals surface area contributed by atoms with E-state index in [9.17, 15) is 5.11 Å². The fraction of sp³-hybridized carbons (Fsp3) is 0.500. The molecule has 0 fully saturated rings. The second-order valence-corrected chi connectivity index (χ2v) is 4.00. The molecular formula is C12H17N3O. The van der Waals surface area contributed by atoms with Gasteiger partial charge in [-0.15, -0.1) is 0 Å². The Labute approximate surface area is 96.2 Å². The first-order valence-corrected chi connectivity index (χ1v) is 5.30. The van der Waals surface area contributed by atoms with Gasteiger partial charge in [0.05, 0.1) is 18.1 Å². The van der Waals surface area contributed by atoms with Gasteiger partial charge in [-0.1, -0.05) is 6.07 Å². The molecular weight excluding hydrogens is 202 g/mol. The molecule has 0 bridgehead atoms. The third-order valence-electron chi connectivity index (χ3n) is 2.40. The van der Waals surface area contributed by atoms with E-state index in [2.05, 4.69) is 11.1 Å². The number of hydrogen-bond donors (Lipinski definition) is 1. The van der Waals surface area contributed by atoms with Gasteiger partial charge in [0.1, 0.15) is 5.82 Å². The average Bonchev–Trinajstić information content (AvgIpc) is 2.28. The zero-order valence-corrected chi connectivity index (χ0v) is 9.88. The first-order chi connectivity index (χ1) is 7.56. The molecule has 1 N–H and O–H groups in total. The highest BCUT2D eigenvalue weighted by Gasteiger charge is 2.14. The second-order valence-electron chi connectivity index (χ2n) is 4.00. The minimum Gasteiger partial charge on any atom is -0.389 e. The lowest BCUT2D eigenvalue weighted by Crippen LogP contribution is -2.25. The zero-order chi connectivity index (χ0) is 12.1. The van der Waals surface area contributed by atoms with Crippen LogP contribution in [0.5, 0.6) is 0 Å². The van der Waals surface area contributed by atoms with Crippen molar-refractivity contribution in [2.45, 2.75) is 20.0 Å². The molecule has 0 aliphatic carbocycles. The Morgan fingerprint density at radius 3 is 2.81 bits per heavy atom. The first kappa shape index (κ1) is 12.5. The maximum absolute atomic E-state index is 9.61. The van der Waals surface area contributed by atoms with E-state index in [4.69, 9.17) is 5.26 Å². The van der Waals surface area contributed by atoms with Crippen LogP contribution in [0.1, 0.15) is 25.5 Å². The maximum atomic E-state index is 9.61. The van der Waals surface area contributed by atoms with Crippen molar-refractivity contribution in [2.24, 2.45) is 5.92 Å². The van der Waals surface area contributed by atoms with E-state index in [-0.39, 0.29) is 5.92 Å². The number of pyridine rings is 1. The molecule has 0 spiro atoms. The van der Waals surface area contributed by atoms with Crippen molar-refractivity contribution in [3.05, 3.63) is 23.9 Å². The zero-order valence-electron chi connectivity index (χ0n) is 9.88. The van der Waals surface area contributed by atoms with E-state index in [1.54, 1.807) is 19.2 Å². The summed E-state index contributed by atoms with van der Waals surface area (Å²) in [5.41, 5.74) is 0.787. The van der Waals surface area contributed by atoms with Crippen LogP contribution < -0.4 is 4.90 Å². The summed E-state index contributed by atoms with van der Waals surface area (Å²) in [4.78, 5) is 6.14. The van der Waals surface area contributed by atoms with Crippen molar-refractivity contribution in [3.8, 4) is 6.07 Å². The fourth-order valence-corrected chi connectivity index (χ4v) is 1.59. The minimum absolute atomic E-state index is 0.0612. The molecule has 0 saturated carbocycles.